The molecule has 0 bridgehead atoms. The highest BCUT2D eigenvalue weighted by molar-refractivity contribution is 5.94. The number of aryl methyl sites for hydroxylation is 3. The zero-order valence-electron chi connectivity index (χ0n) is 26.5. The molecule has 0 aromatic carbocycles. The fraction of sp³-hybridized carbons (Fsp3) is 0.500. The summed E-state index contributed by atoms with van der Waals surface area (Å²) in [5.74, 6) is -0.880. The van der Waals surface area contributed by atoms with E-state index in [0.29, 0.717) is 48.1 Å². The number of aromatic nitrogens is 5. The summed E-state index contributed by atoms with van der Waals surface area (Å²) in [6, 6.07) is 0.752. The number of carbonyl (C=O) groups excluding carboxylic acids is 2. The van der Waals surface area contributed by atoms with Crippen molar-refractivity contribution in [3.8, 4) is 0 Å². The Morgan fingerprint density at radius 2 is 1.53 bits per heavy atom. The van der Waals surface area contributed by atoms with E-state index in [9.17, 15) is 19.5 Å². The zero-order chi connectivity index (χ0) is 33.5. The van der Waals surface area contributed by atoms with Gasteiger partial charge in [0, 0.05) is 52.8 Å². The second-order valence-corrected chi connectivity index (χ2v) is 11.7. The molecule has 2 atom stereocenters. The fourth-order valence-electron chi connectivity index (χ4n) is 4.28. The number of amides is 2. The summed E-state index contributed by atoms with van der Waals surface area (Å²) in [6.45, 7) is 5.97. The van der Waals surface area contributed by atoms with E-state index in [0.717, 1.165) is 0 Å². The van der Waals surface area contributed by atoms with Crippen molar-refractivity contribution in [3.63, 3.8) is 0 Å². The minimum atomic E-state index is -1.14. The van der Waals surface area contributed by atoms with Crippen LogP contribution < -0.4 is 32.7 Å². The number of hydrogen-bond acceptors (Lipinski definition) is 10. The first-order valence-electron chi connectivity index (χ1n) is 14.3. The number of nitrogens with zero attached hydrogens (tertiary/aromatic N) is 5. The van der Waals surface area contributed by atoms with Gasteiger partial charge in [0.15, 0.2) is 0 Å². The minimum Gasteiger partial charge on any atom is -0.475 e. The lowest BCUT2D eigenvalue weighted by molar-refractivity contribution is 0.0534. The van der Waals surface area contributed by atoms with Gasteiger partial charge in [-0.05, 0) is 39.7 Å². The molecule has 0 aliphatic rings. The first kappa shape index (κ1) is 34.6. The molecular formula is C28H44N12O5. The second-order valence-electron chi connectivity index (χ2n) is 11.7. The van der Waals surface area contributed by atoms with Crippen LogP contribution in [-0.2, 0) is 25.9 Å². The number of nitrogens with two attached hydrogens (primary N) is 2. The van der Waals surface area contributed by atoms with E-state index in [1.54, 1.807) is 62.5 Å². The Hall–Kier alpha value is -4.90. The standard InChI is InChI=1S/C28H44N12O5/c1-28(2,3)45-27(44)34-12-22(31)32-9-7-18(30)20-15-40(6)26(37-20)35-16-11-21(38(4)13-16)24(41)33-10-8-17(29)19-14-39(5)23(36-19)25(42)43/h11,13-15,17-18H,7-10,12,29-30H2,1-6H3,(H2,31,32)(H,33,41)(H,34,44)(H,35,37)(H,42,43). The van der Waals surface area contributed by atoms with Gasteiger partial charge in [0.25, 0.3) is 5.91 Å². The van der Waals surface area contributed by atoms with Crippen molar-refractivity contribution in [1.82, 2.24) is 39.6 Å². The van der Waals surface area contributed by atoms with Crippen LogP contribution in [0.25, 0.3) is 0 Å². The van der Waals surface area contributed by atoms with Crippen LogP contribution in [0.1, 0.15) is 78.2 Å². The molecule has 3 heterocycles. The van der Waals surface area contributed by atoms with Crippen molar-refractivity contribution in [2.75, 3.05) is 25.0 Å². The van der Waals surface area contributed by atoms with Crippen molar-refractivity contribution in [2.45, 2.75) is 51.3 Å². The molecule has 2 amide bonds. The number of hydrogen-bond donors (Lipinski definition) is 8. The third-order valence-corrected chi connectivity index (χ3v) is 6.58. The van der Waals surface area contributed by atoms with Gasteiger partial charge in [-0.1, -0.05) is 0 Å². The maximum absolute atomic E-state index is 12.9. The summed E-state index contributed by atoms with van der Waals surface area (Å²) in [5.41, 5.74) is 14.0. The van der Waals surface area contributed by atoms with E-state index in [1.807, 2.05) is 13.2 Å². The van der Waals surface area contributed by atoms with Gasteiger partial charge in [-0.15, -0.1) is 0 Å². The number of carboxylic acid groups (broad SMARTS) is 1. The lowest BCUT2D eigenvalue weighted by Crippen LogP contribution is -2.40. The summed E-state index contributed by atoms with van der Waals surface area (Å²) in [5, 5.41) is 28.7. The third kappa shape index (κ3) is 10.1. The molecular weight excluding hydrogens is 584 g/mol. The van der Waals surface area contributed by atoms with E-state index in [4.69, 9.17) is 21.6 Å². The van der Waals surface area contributed by atoms with E-state index >= 15 is 0 Å². The van der Waals surface area contributed by atoms with Gasteiger partial charge in [0.1, 0.15) is 17.1 Å². The molecule has 0 aliphatic heterocycles. The normalized spacial score (nSPS) is 12.7. The molecule has 246 valence electrons. The number of nitrogens with one attached hydrogen (secondary N) is 5. The molecule has 0 spiro atoms. The smallest absolute Gasteiger partial charge is 0.408 e. The van der Waals surface area contributed by atoms with Gasteiger partial charge in [-0.25, -0.2) is 19.6 Å². The predicted octanol–water partition coefficient (Wildman–Crippen LogP) is 1.24. The number of carbonyl (C=O) groups is 3. The average Bonchev–Trinajstić information content (AvgIpc) is 3.62. The Balaban J connectivity index is 1.47. The third-order valence-electron chi connectivity index (χ3n) is 6.58. The summed E-state index contributed by atoms with van der Waals surface area (Å²) >= 11 is 0. The number of ether oxygens (including phenoxy) is 1. The van der Waals surface area contributed by atoms with Gasteiger partial charge in [0.2, 0.25) is 11.8 Å². The SMILES string of the molecule is Cn1cc(Nc2nc(C(N)CCNC(=N)CNC(=O)OC(C)(C)C)cn2C)cc1C(=O)NCCC(N)c1cn(C)c(C(=O)O)n1. The Bertz CT molecular complexity index is 1520. The number of alkyl carbamates (subject to hydrolysis) is 1. The van der Waals surface area contributed by atoms with Crippen molar-refractivity contribution < 1.29 is 24.2 Å². The number of imidazole rings is 2. The van der Waals surface area contributed by atoms with Crippen LogP contribution in [0.2, 0.25) is 0 Å². The molecule has 3 aromatic heterocycles. The van der Waals surface area contributed by atoms with Crippen molar-refractivity contribution in [2.24, 2.45) is 32.6 Å². The van der Waals surface area contributed by atoms with Gasteiger partial charge < -0.3 is 56.3 Å². The fourth-order valence-corrected chi connectivity index (χ4v) is 4.28. The molecule has 17 heteroatoms. The van der Waals surface area contributed by atoms with Gasteiger partial charge in [-0.3, -0.25) is 10.2 Å². The first-order chi connectivity index (χ1) is 21.0. The van der Waals surface area contributed by atoms with E-state index in [-0.39, 0.29) is 30.7 Å². The number of anilines is 2. The summed E-state index contributed by atoms with van der Waals surface area (Å²) < 4.78 is 10.0. The largest absolute Gasteiger partial charge is 0.475 e. The van der Waals surface area contributed by atoms with Crippen LogP contribution in [0.5, 0.6) is 0 Å². The van der Waals surface area contributed by atoms with Gasteiger partial charge in [0.05, 0.1) is 35.7 Å². The zero-order valence-corrected chi connectivity index (χ0v) is 26.5. The molecule has 45 heavy (non-hydrogen) atoms. The summed E-state index contributed by atoms with van der Waals surface area (Å²) in [6.07, 6.45) is 5.41. The number of carboxylic acids is 1. The number of aromatic carboxylic acids is 1. The van der Waals surface area contributed by atoms with E-state index in [2.05, 4.69) is 31.2 Å². The van der Waals surface area contributed by atoms with Crippen molar-refractivity contribution in [3.05, 3.63) is 47.6 Å². The second kappa shape index (κ2) is 14.7. The summed E-state index contributed by atoms with van der Waals surface area (Å²) in [7, 11) is 5.16. The van der Waals surface area contributed by atoms with Crippen LogP contribution in [0, 0.1) is 5.41 Å². The highest BCUT2D eigenvalue weighted by atomic mass is 16.6. The van der Waals surface area contributed by atoms with E-state index in [1.165, 1.54) is 4.57 Å². The molecule has 3 aromatic rings. The van der Waals surface area contributed by atoms with E-state index < -0.39 is 29.7 Å². The van der Waals surface area contributed by atoms with Crippen LogP contribution in [0.3, 0.4) is 0 Å². The topological polar surface area (TPSA) is 245 Å². The molecule has 0 radical (unpaired) electrons. The van der Waals surface area contributed by atoms with Gasteiger partial charge >= 0.3 is 12.1 Å². The number of amidine groups is 1. The molecule has 2 unspecified atom stereocenters. The van der Waals surface area contributed by atoms with Crippen LogP contribution in [-0.4, -0.2) is 77.8 Å². The molecule has 3 rings (SSSR count). The predicted molar refractivity (Wildman–Crippen MR) is 167 cm³/mol. The molecule has 0 fully saturated rings. The molecule has 0 saturated heterocycles. The monoisotopic (exact) mass is 628 g/mol. The molecule has 17 nitrogen and oxygen atoms in total. The summed E-state index contributed by atoms with van der Waals surface area (Å²) in [4.78, 5) is 44.5. The van der Waals surface area contributed by atoms with Crippen LogP contribution >= 0.6 is 0 Å². The minimum absolute atomic E-state index is 0.00690. The van der Waals surface area contributed by atoms with Crippen molar-refractivity contribution >= 4 is 35.4 Å². The van der Waals surface area contributed by atoms with Crippen molar-refractivity contribution in [1.29, 1.82) is 5.41 Å². The highest BCUT2D eigenvalue weighted by Crippen LogP contribution is 2.21. The quantitative estimate of drug-likeness (QED) is 0.0932. The first-order valence-corrected chi connectivity index (χ1v) is 14.3. The van der Waals surface area contributed by atoms with Crippen LogP contribution in [0.15, 0.2) is 24.7 Å². The Kier molecular flexibility index (Phi) is 11.3. The number of rotatable bonds is 14. The highest BCUT2D eigenvalue weighted by Gasteiger charge is 2.19. The Labute approximate surface area is 261 Å². The Morgan fingerprint density at radius 3 is 2.13 bits per heavy atom. The van der Waals surface area contributed by atoms with Crippen LogP contribution in [0.4, 0.5) is 16.4 Å². The average molecular weight is 629 g/mol. The van der Waals surface area contributed by atoms with Gasteiger partial charge in [-0.2, -0.15) is 0 Å². The lowest BCUT2D eigenvalue weighted by atomic mass is 10.1. The molecule has 10 N–H and O–H groups in total. The molecule has 0 saturated carbocycles. The lowest BCUT2D eigenvalue weighted by Gasteiger charge is -2.20. The maximum Gasteiger partial charge on any atom is 0.408 e. The Morgan fingerprint density at radius 1 is 0.933 bits per heavy atom. The molecule has 0 aliphatic carbocycles. The maximum atomic E-state index is 12.9.